The van der Waals surface area contributed by atoms with Crippen molar-refractivity contribution in [3.63, 3.8) is 0 Å². The van der Waals surface area contributed by atoms with Crippen molar-refractivity contribution in [2.24, 2.45) is 0 Å². The Morgan fingerprint density at radius 1 is 1.56 bits per heavy atom. The van der Waals surface area contributed by atoms with E-state index in [4.69, 9.17) is 16.3 Å². The van der Waals surface area contributed by atoms with E-state index in [0.717, 1.165) is 5.56 Å². The van der Waals surface area contributed by atoms with Crippen molar-refractivity contribution >= 4 is 17.6 Å². The largest absolute Gasteiger partial charge is 0.466 e. The van der Waals surface area contributed by atoms with Gasteiger partial charge < -0.3 is 10.1 Å². The van der Waals surface area contributed by atoms with Crippen molar-refractivity contribution in [3.05, 3.63) is 34.6 Å². The molecule has 1 atom stereocenters. The van der Waals surface area contributed by atoms with Gasteiger partial charge in [-0.3, -0.25) is 4.79 Å². The molecule has 0 saturated heterocycles. The highest BCUT2D eigenvalue weighted by atomic mass is 35.5. The molecule has 3 nitrogen and oxygen atoms in total. The Morgan fingerprint density at radius 3 is 2.89 bits per heavy atom. The monoisotopic (exact) mass is 273 g/mol. The number of carbonyl (C=O) groups excluding carboxylic acids is 1. The average Bonchev–Trinajstić information content (AvgIpc) is 2.31. The van der Waals surface area contributed by atoms with Gasteiger partial charge in [-0.15, -0.1) is 0 Å². The molecule has 18 heavy (non-hydrogen) atoms. The standard InChI is InChI=1S/C13H17ClFNO2/c1-3-18-13(17)6-9(2)16-8-10-4-5-12(15)11(14)7-10/h4-5,7,9,16H,3,6,8H2,1-2H3. The highest BCUT2D eigenvalue weighted by molar-refractivity contribution is 6.30. The zero-order valence-corrected chi connectivity index (χ0v) is 11.3. The normalized spacial score (nSPS) is 12.2. The minimum absolute atomic E-state index is 0.00659. The fourth-order valence-electron chi connectivity index (χ4n) is 1.48. The minimum Gasteiger partial charge on any atom is -0.466 e. The predicted octanol–water partition coefficient (Wildman–Crippen LogP) is 2.91. The van der Waals surface area contributed by atoms with Crippen LogP contribution in [0.1, 0.15) is 25.8 Å². The summed E-state index contributed by atoms with van der Waals surface area (Å²) >= 11 is 5.68. The summed E-state index contributed by atoms with van der Waals surface area (Å²) in [7, 11) is 0. The lowest BCUT2D eigenvalue weighted by atomic mass is 10.2. The number of esters is 1. The third-order valence-corrected chi connectivity index (χ3v) is 2.71. The number of benzene rings is 1. The highest BCUT2D eigenvalue weighted by Crippen LogP contribution is 2.15. The lowest BCUT2D eigenvalue weighted by molar-refractivity contribution is -0.143. The third-order valence-electron chi connectivity index (χ3n) is 2.42. The topological polar surface area (TPSA) is 38.3 Å². The van der Waals surface area contributed by atoms with Gasteiger partial charge in [-0.25, -0.2) is 4.39 Å². The Labute approximate surface area is 111 Å². The molecule has 0 fully saturated rings. The molecule has 0 saturated carbocycles. The van der Waals surface area contributed by atoms with Crippen molar-refractivity contribution in [1.82, 2.24) is 5.32 Å². The van der Waals surface area contributed by atoms with Crippen LogP contribution in [0.4, 0.5) is 4.39 Å². The van der Waals surface area contributed by atoms with Crippen LogP contribution in [0.2, 0.25) is 5.02 Å². The zero-order chi connectivity index (χ0) is 13.5. The van der Waals surface area contributed by atoms with E-state index in [9.17, 15) is 9.18 Å². The quantitative estimate of drug-likeness (QED) is 0.810. The van der Waals surface area contributed by atoms with Crippen LogP contribution in [-0.2, 0) is 16.1 Å². The van der Waals surface area contributed by atoms with Gasteiger partial charge in [0, 0.05) is 12.6 Å². The SMILES string of the molecule is CCOC(=O)CC(C)NCc1ccc(F)c(Cl)c1. The second-order valence-electron chi connectivity index (χ2n) is 4.04. The lowest BCUT2D eigenvalue weighted by Crippen LogP contribution is -2.28. The summed E-state index contributed by atoms with van der Waals surface area (Å²) in [5, 5.41) is 3.26. The van der Waals surface area contributed by atoms with Crippen LogP contribution >= 0.6 is 11.6 Å². The molecule has 0 aliphatic carbocycles. The predicted molar refractivity (Wildman–Crippen MR) is 69.0 cm³/mol. The van der Waals surface area contributed by atoms with Crippen molar-refractivity contribution < 1.29 is 13.9 Å². The molecule has 0 aromatic heterocycles. The fourth-order valence-corrected chi connectivity index (χ4v) is 1.69. The van der Waals surface area contributed by atoms with Crippen LogP contribution in [0, 0.1) is 5.82 Å². The van der Waals surface area contributed by atoms with Crippen molar-refractivity contribution in [1.29, 1.82) is 0 Å². The molecule has 0 spiro atoms. The summed E-state index contributed by atoms with van der Waals surface area (Å²) in [5.74, 6) is -0.658. The molecule has 100 valence electrons. The van der Waals surface area contributed by atoms with Crippen LogP contribution in [0.5, 0.6) is 0 Å². The maximum absolute atomic E-state index is 12.9. The molecule has 1 aromatic carbocycles. The van der Waals surface area contributed by atoms with Crippen LogP contribution < -0.4 is 5.32 Å². The van der Waals surface area contributed by atoms with Crippen LogP contribution in [-0.4, -0.2) is 18.6 Å². The van der Waals surface area contributed by atoms with E-state index < -0.39 is 5.82 Å². The number of halogens is 2. The van der Waals surface area contributed by atoms with Gasteiger partial charge in [0.05, 0.1) is 18.1 Å². The second-order valence-corrected chi connectivity index (χ2v) is 4.45. The molecule has 1 rings (SSSR count). The van der Waals surface area contributed by atoms with E-state index >= 15 is 0 Å². The molecule has 0 aliphatic rings. The molecule has 0 aliphatic heterocycles. The van der Waals surface area contributed by atoms with Gasteiger partial charge >= 0.3 is 5.97 Å². The van der Waals surface area contributed by atoms with E-state index in [1.165, 1.54) is 6.07 Å². The number of ether oxygens (including phenoxy) is 1. The molecule has 0 heterocycles. The Balaban J connectivity index is 2.40. The van der Waals surface area contributed by atoms with Gasteiger partial charge in [0.25, 0.3) is 0 Å². The van der Waals surface area contributed by atoms with Crippen LogP contribution in [0.3, 0.4) is 0 Å². The molecule has 5 heteroatoms. The van der Waals surface area contributed by atoms with E-state index in [1.807, 2.05) is 6.92 Å². The lowest BCUT2D eigenvalue weighted by Gasteiger charge is -2.13. The van der Waals surface area contributed by atoms with Crippen LogP contribution in [0.25, 0.3) is 0 Å². The smallest absolute Gasteiger partial charge is 0.307 e. The summed E-state index contributed by atoms with van der Waals surface area (Å²) in [6.45, 7) is 4.58. The summed E-state index contributed by atoms with van der Waals surface area (Å²) in [6, 6.07) is 4.55. The van der Waals surface area contributed by atoms with E-state index in [2.05, 4.69) is 5.32 Å². The van der Waals surface area contributed by atoms with Gasteiger partial charge in [0.1, 0.15) is 5.82 Å². The Hall–Kier alpha value is -1.13. The van der Waals surface area contributed by atoms with Crippen molar-refractivity contribution in [2.45, 2.75) is 32.9 Å². The molecular weight excluding hydrogens is 257 g/mol. The number of hydrogen-bond donors (Lipinski definition) is 1. The van der Waals surface area contributed by atoms with E-state index in [1.54, 1.807) is 19.1 Å². The first-order valence-corrected chi connectivity index (χ1v) is 6.23. The van der Waals surface area contributed by atoms with Gasteiger partial charge in [0.2, 0.25) is 0 Å². The summed E-state index contributed by atoms with van der Waals surface area (Å²) in [5.41, 5.74) is 0.872. The first kappa shape index (κ1) is 14.9. The molecule has 0 bridgehead atoms. The Bertz CT molecular complexity index is 412. The molecular formula is C13H17ClFNO2. The highest BCUT2D eigenvalue weighted by Gasteiger charge is 2.09. The van der Waals surface area contributed by atoms with Gasteiger partial charge in [-0.2, -0.15) is 0 Å². The average molecular weight is 274 g/mol. The van der Waals surface area contributed by atoms with Crippen molar-refractivity contribution in [3.8, 4) is 0 Å². The van der Waals surface area contributed by atoms with Gasteiger partial charge in [0.15, 0.2) is 0 Å². The Kier molecular flexibility index (Phi) is 6.09. The molecule has 1 N–H and O–H groups in total. The van der Waals surface area contributed by atoms with E-state index in [0.29, 0.717) is 19.6 Å². The molecule has 1 aromatic rings. The minimum atomic E-state index is -0.431. The molecule has 1 unspecified atom stereocenters. The van der Waals surface area contributed by atoms with E-state index in [-0.39, 0.29) is 17.0 Å². The number of rotatable bonds is 6. The second kappa shape index (κ2) is 7.34. The fraction of sp³-hybridized carbons (Fsp3) is 0.462. The summed E-state index contributed by atoms with van der Waals surface area (Å²) in [6.07, 6.45) is 0.308. The van der Waals surface area contributed by atoms with Crippen molar-refractivity contribution in [2.75, 3.05) is 6.61 Å². The Morgan fingerprint density at radius 2 is 2.28 bits per heavy atom. The first-order chi connectivity index (χ1) is 8.52. The maximum atomic E-state index is 12.9. The number of nitrogens with one attached hydrogen (secondary N) is 1. The first-order valence-electron chi connectivity index (χ1n) is 5.85. The third kappa shape index (κ3) is 5.02. The molecule has 0 amide bonds. The zero-order valence-electron chi connectivity index (χ0n) is 10.5. The van der Waals surface area contributed by atoms with Crippen LogP contribution in [0.15, 0.2) is 18.2 Å². The number of carbonyl (C=O) groups is 1. The van der Waals surface area contributed by atoms with Gasteiger partial charge in [-0.05, 0) is 31.5 Å². The summed E-state index contributed by atoms with van der Waals surface area (Å²) < 4.78 is 17.8. The molecule has 0 radical (unpaired) electrons. The maximum Gasteiger partial charge on any atom is 0.307 e. The number of hydrogen-bond acceptors (Lipinski definition) is 3. The van der Waals surface area contributed by atoms with Gasteiger partial charge in [-0.1, -0.05) is 17.7 Å². The summed E-state index contributed by atoms with van der Waals surface area (Å²) in [4.78, 5) is 11.2.